The Hall–Kier alpha value is -1.18. The fraction of sp³-hybridized carbons (Fsp3) is 0.588. The average Bonchev–Trinajstić information content (AvgIpc) is 3.07. The zero-order chi connectivity index (χ0) is 15.2. The summed E-state index contributed by atoms with van der Waals surface area (Å²) in [7, 11) is 1.69. The number of halogens is 1. The molecule has 1 fully saturated rings. The molecular formula is C17H26IN3O2. The molecule has 1 aromatic rings. The minimum atomic E-state index is 0. The molecule has 0 atom stereocenters. The summed E-state index contributed by atoms with van der Waals surface area (Å²) in [6.45, 7) is 2.62. The Bertz CT molecular complexity index is 531. The predicted molar refractivity (Wildman–Crippen MR) is 103 cm³/mol. The maximum Gasteiger partial charge on any atom is 0.191 e. The molecule has 0 amide bonds. The van der Waals surface area contributed by atoms with E-state index < -0.39 is 0 Å². The van der Waals surface area contributed by atoms with Gasteiger partial charge in [0.15, 0.2) is 17.5 Å². The third-order valence-electron chi connectivity index (χ3n) is 4.18. The minimum Gasteiger partial charge on any atom is -0.493 e. The summed E-state index contributed by atoms with van der Waals surface area (Å²) >= 11 is 0. The third kappa shape index (κ3) is 5.16. The van der Waals surface area contributed by atoms with E-state index >= 15 is 0 Å². The van der Waals surface area contributed by atoms with Gasteiger partial charge in [0, 0.05) is 19.6 Å². The van der Waals surface area contributed by atoms with Crippen LogP contribution in [-0.4, -0.2) is 32.3 Å². The van der Waals surface area contributed by atoms with Crippen molar-refractivity contribution in [2.45, 2.75) is 44.8 Å². The van der Waals surface area contributed by atoms with Gasteiger partial charge in [0.2, 0.25) is 0 Å². The quantitative estimate of drug-likeness (QED) is 0.704. The Morgan fingerprint density at radius 2 is 2.04 bits per heavy atom. The van der Waals surface area contributed by atoms with Crippen LogP contribution in [0.25, 0.3) is 0 Å². The van der Waals surface area contributed by atoms with Gasteiger partial charge in [0.1, 0.15) is 0 Å². The smallest absolute Gasteiger partial charge is 0.191 e. The van der Waals surface area contributed by atoms with E-state index in [1.807, 2.05) is 6.07 Å². The highest BCUT2D eigenvalue weighted by atomic mass is 127. The van der Waals surface area contributed by atoms with Crippen LogP contribution in [-0.2, 0) is 6.54 Å². The summed E-state index contributed by atoms with van der Waals surface area (Å²) in [5, 5.41) is 6.61. The molecule has 0 unspecified atom stereocenters. The molecule has 2 N–H and O–H groups in total. The van der Waals surface area contributed by atoms with Crippen LogP contribution in [0.3, 0.4) is 0 Å². The van der Waals surface area contributed by atoms with E-state index in [1.165, 1.54) is 18.4 Å². The van der Waals surface area contributed by atoms with E-state index in [4.69, 9.17) is 9.47 Å². The van der Waals surface area contributed by atoms with E-state index in [0.717, 1.165) is 56.4 Å². The second-order valence-electron chi connectivity index (χ2n) is 5.87. The minimum absolute atomic E-state index is 0. The number of hydrogen-bond acceptors (Lipinski definition) is 5. The lowest BCUT2D eigenvalue weighted by Crippen LogP contribution is -2.40. The maximum atomic E-state index is 6.13. The molecule has 1 aliphatic carbocycles. The Morgan fingerprint density at radius 1 is 1.22 bits per heavy atom. The lowest BCUT2D eigenvalue weighted by molar-refractivity contribution is 0.200. The van der Waals surface area contributed by atoms with Crippen molar-refractivity contribution in [1.82, 2.24) is 10.6 Å². The first kappa shape index (κ1) is 18.2. The molecule has 0 aromatic heterocycles. The molecule has 1 saturated carbocycles. The fourth-order valence-electron chi connectivity index (χ4n) is 2.95. The van der Waals surface area contributed by atoms with Gasteiger partial charge in [-0.25, -0.2) is 0 Å². The van der Waals surface area contributed by atoms with Gasteiger partial charge in [0.05, 0.1) is 13.2 Å². The van der Waals surface area contributed by atoms with Crippen molar-refractivity contribution in [3.05, 3.63) is 23.8 Å². The topological polar surface area (TPSA) is 54.9 Å². The lowest BCUT2D eigenvalue weighted by Gasteiger charge is -2.18. The molecule has 0 radical (unpaired) electrons. The normalized spacial score (nSPS) is 17.7. The summed E-state index contributed by atoms with van der Waals surface area (Å²) in [5.41, 5.74) is 1.17. The number of rotatable bonds is 5. The van der Waals surface area contributed by atoms with Gasteiger partial charge < -0.3 is 20.1 Å². The van der Waals surface area contributed by atoms with Crippen LogP contribution in [0.15, 0.2) is 23.2 Å². The molecule has 6 heteroatoms. The first-order valence-electron chi connectivity index (χ1n) is 8.21. The Morgan fingerprint density at radius 3 is 2.74 bits per heavy atom. The van der Waals surface area contributed by atoms with Gasteiger partial charge in [0.25, 0.3) is 0 Å². The number of hydrogen-bond donors (Lipinski definition) is 2. The van der Waals surface area contributed by atoms with E-state index in [0.29, 0.717) is 6.10 Å². The molecule has 128 valence electrons. The van der Waals surface area contributed by atoms with E-state index in [2.05, 4.69) is 27.8 Å². The molecule has 1 heterocycles. The number of nitrogens with zero attached hydrogens (tertiary/aromatic N) is 1. The Kier molecular flexibility index (Phi) is 7.26. The van der Waals surface area contributed by atoms with Gasteiger partial charge in [-0.2, -0.15) is 0 Å². The molecule has 1 aliphatic heterocycles. The summed E-state index contributed by atoms with van der Waals surface area (Å²) < 4.78 is 11.6. The first-order valence-corrected chi connectivity index (χ1v) is 8.21. The number of guanidine groups is 1. The van der Waals surface area contributed by atoms with Crippen LogP contribution >= 0.6 is 24.0 Å². The highest BCUT2D eigenvalue weighted by Crippen LogP contribution is 2.32. The van der Waals surface area contributed by atoms with Crippen molar-refractivity contribution < 1.29 is 9.47 Å². The van der Waals surface area contributed by atoms with Crippen molar-refractivity contribution in [2.24, 2.45) is 4.99 Å². The largest absolute Gasteiger partial charge is 0.493 e. The summed E-state index contributed by atoms with van der Waals surface area (Å²) in [5.74, 6) is 2.55. The average molecular weight is 431 g/mol. The summed E-state index contributed by atoms with van der Waals surface area (Å²) in [4.78, 5) is 4.42. The molecular weight excluding hydrogens is 405 g/mol. The van der Waals surface area contributed by atoms with Crippen LogP contribution in [0.1, 0.15) is 37.7 Å². The van der Waals surface area contributed by atoms with Gasteiger partial charge in [-0.05, 0) is 49.8 Å². The lowest BCUT2D eigenvalue weighted by atomic mass is 10.2. The van der Waals surface area contributed by atoms with E-state index in [9.17, 15) is 0 Å². The van der Waals surface area contributed by atoms with Gasteiger partial charge in [-0.3, -0.25) is 4.99 Å². The zero-order valence-corrected chi connectivity index (χ0v) is 16.0. The molecule has 5 nitrogen and oxygen atoms in total. The first-order chi connectivity index (χ1) is 10.8. The number of benzene rings is 1. The molecule has 3 rings (SSSR count). The Labute approximate surface area is 155 Å². The predicted octanol–water partition coefficient (Wildman–Crippen LogP) is 3.07. The van der Waals surface area contributed by atoms with Crippen molar-refractivity contribution >= 4 is 29.9 Å². The zero-order valence-electron chi connectivity index (χ0n) is 13.6. The van der Waals surface area contributed by atoms with Crippen molar-refractivity contribution in [1.29, 1.82) is 0 Å². The van der Waals surface area contributed by atoms with Gasteiger partial charge in [-0.1, -0.05) is 6.07 Å². The summed E-state index contributed by atoms with van der Waals surface area (Å²) in [6, 6.07) is 6.13. The molecule has 2 aliphatic rings. The second kappa shape index (κ2) is 9.20. The maximum absolute atomic E-state index is 6.13. The molecule has 0 saturated heterocycles. The second-order valence-corrected chi connectivity index (χ2v) is 5.87. The number of methoxy groups -OCH3 is 1. The van der Waals surface area contributed by atoms with Crippen LogP contribution in [0.4, 0.5) is 0 Å². The van der Waals surface area contributed by atoms with Crippen LogP contribution < -0.4 is 20.1 Å². The Balaban J connectivity index is 0.00000192. The molecule has 0 bridgehead atoms. The van der Waals surface area contributed by atoms with Crippen LogP contribution in [0.5, 0.6) is 11.5 Å². The van der Waals surface area contributed by atoms with Gasteiger partial charge in [-0.15, -0.1) is 24.0 Å². The van der Waals surface area contributed by atoms with Crippen molar-refractivity contribution in [2.75, 3.05) is 20.2 Å². The highest BCUT2D eigenvalue weighted by molar-refractivity contribution is 14.0. The number of nitrogens with one attached hydrogen (secondary N) is 2. The standard InChI is InChI=1S/C17H25N3O2.HI/c1-21-15-8-7-13(12-20-17-18-9-4-10-19-17)11-16(15)22-14-5-2-3-6-14;/h7-8,11,14H,2-6,9-10,12H2,1H3,(H2,18,19,20);1H. The SMILES string of the molecule is COc1ccc(CNC2=NCCCN2)cc1OC1CCCC1.I. The number of ether oxygens (including phenoxy) is 2. The van der Waals surface area contributed by atoms with E-state index in [-0.39, 0.29) is 24.0 Å². The molecule has 0 spiro atoms. The van der Waals surface area contributed by atoms with Crippen LogP contribution in [0, 0.1) is 0 Å². The fourth-order valence-corrected chi connectivity index (χ4v) is 2.95. The van der Waals surface area contributed by atoms with Crippen LogP contribution in [0.2, 0.25) is 0 Å². The third-order valence-corrected chi connectivity index (χ3v) is 4.18. The van der Waals surface area contributed by atoms with Crippen molar-refractivity contribution in [3.63, 3.8) is 0 Å². The summed E-state index contributed by atoms with van der Waals surface area (Å²) in [6.07, 6.45) is 6.26. The number of aliphatic imine (C=N–C) groups is 1. The van der Waals surface area contributed by atoms with E-state index in [1.54, 1.807) is 7.11 Å². The highest BCUT2D eigenvalue weighted by Gasteiger charge is 2.18. The van der Waals surface area contributed by atoms with Gasteiger partial charge >= 0.3 is 0 Å². The molecule has 23 heavy (non-hydrogen) atoms. The molecule has 1 aromatic carbocycles. The monoisotopic (exact) mass is 431 g/mol. The van der Waals surface area contributed by atoms with Crippen molar-refractivity contribution in [3.8, 4) is 11.5 Å².